The Morgan fingerprint density at radius 1 is 1.64 bits per heavy atom. The number of hydrogen-bond acceptors (Lipinski definition) is 2. The summed E-state index contributed by atoms with van der Waals surface area (Å²) < 4.78 is 12.8. The molecule has 1 amide bonds. The lowest BCUT2D eigenvalue weighted by atomic mass is 9.95. The first kappa shape index (κ1) is 7.03. The first-order chi connectivity index (χ1) is 5.23. The van der Waals surface area contributed by atoms with Crippen LogP contribution in [0.15, 0.2) is 0 Å². The lowest BCUT2D eigenvalue weighted by molar-refractivity contribution is -0.124. The van der Waals surface area contributed by atoms with Crippen molar-refractivity contribution < 1.29 is 9.18 Å². The van der Waals surface area contributed by atoms with Crippen LogP contribution in [0, 0.1) is 0 Å². The van der Waals surface area contributed by atoms with Crippen molar-refractivity contribution in [3.8, 4) is 0 Å². The summed E-state index contributed by atoms with van der Waals surface area (Å²) >= 11 is 0. The van der Waals surface area contributed by atoms with Gasteiger partial charge >= 0.3 is 0 Å². The topological polar surface area (TPSA) is 41.1 Å². The molecule has 0 bridgehead atoms. The number of alkyl halides is 1. The average Bonchev–Trinajstić information content (AvgIpc) is 2.46. The van der Waals surface area contributed by atoms with E-state index in [4.69, 9.17) is 0 Å². The number of carbonyl (C=O) groups excluding carboxylic acids is 1. The molecule has 1 spiro atoms. The van der Waals surface area contributed by atoms with Gasteiger partial charge in [0, 0.05) is 19.5 Å². The fraction of sp³-hybridized carbons (Fsp3) is 0.857. The number of amides is 1. The van der Waals surface area contributed by atoms with Crippen LogP contribution in [0.3, 0.4) is 0 Å². The lowest BCUT2D eigenvalue weighted by Gasteiger charge is -2.18. The lowest BCUT2D eigenvalue weighted by Crippen LogP contribution is -2.46. The fourth-order valence-electron chi connectivity index (χ4n) is 1.86. The molecule has 0 aromatic carbocycles. The minimum atomic E-state index is -0.848. The SMILES string of the molecule is O=C1NCCC12CC(F)CN2. The molecule has 11 heavy (non-hydrogen) atoms. The molecule has 0 aromatic heterocycles. The Labute approximate surface area is 64.3 Å². The Morgan fingerprint density at radius 3 is 2.91 bits per heavy atom. The number of hydrogen-bond donors (Lipinski definition) is 2. The van der Waals surface area contributed by atoms with Crippen molar-refractivity contribution in [3.05, 3.63) is 0 Å². The summed E-state index contributed by atoms with van der Waals surface area (Å²) in [5.74, 6) is -0.0300. The van der Waals surface area contributed by atoms with E-state index in [2.05, 4.69) is 10.6 Å². The highest BCUT2D eigenvalue weighted by atomic mass is 19.1. The molecule has 0 radical (unpaired) electrons. The van der Waals surface area contributed by atoms with E-state index >= 15 is 0 Å². The molecule has 2 atom stereocenters. The van der Waals surface area contributed by atoms with Crippen molar-refractivity contribution in [2.75, 3.05) is 13.1 Å². The van der Waals surface area contributed by atoms with Gasteiger partial charge in [0.05, 0.1) is 0 Å². The number of rotatable bonds is 0. The predicted octanol–water partition coefficient (Wildman–Crippen LogP) is -0.423. The van der Waals surface area contributed by atoms with Crippen LogP contribution in [0.4, 0.5) is 4.39 Å². The van der Waals surface area contributed by atoms with Crippen molar-refractivity contribution >= 4 is 5.91 Å². The van der Waals surface area contributed by atoms with Gasteiger partial charge in [0.15, 0.2) is 0 Å². The van der Waals surface area contributed by atoms with Gasteiger partial charge in [0.2, 0.25) is 5.91 Å². The number of halogens is 1. The second kappa shape index (κ2) is 2.17. The molecule has 2 aliphatic heterocycles. The molecule has 2 heterocycles. The molecule has 62 valence electrons. The first-order valence-electron chi connectivity index (χ1n) is 3.90. The zero-order chi connectivity index (χ0) is 7.90. The molecule has 0 aliphatic carbocycles. The molecule has 3 nitrogen and oxygen atoms in total. The Morgan fingerprint density at radius 2 is 2.45 bits per heavy atom. The minimum absolute atomic E-state index is 0.0300. The van der Waals surface area contributed by atoms with Crippen LogP contribution in [-0.2, 0) is 4.79 Å². The Balaban J connectivity index is 2.16. The zero-order valence-electron chi connectivity index (χ0n) is 6.19. The third-order valence-corrected chi connectivity index (χ3v) is 2.50. The maximum Gasteiger partial charge on any atom is 0.240 e. The van der Waals surface area contributed by atoms with Gasteiger partial charge in [-0.3, -0.25) is 4.79 Å². The van der Waals surface area contributed by atoms with E-state index in [0.717, 1.165) is 6.42 Å². The van der Waals surface area contributed by atoms with E-state index in [1.54, 1.807) is 0 Å². The predicted molar refractivity (Wildman–Crippen MR) is 37.9 cm³/mol. The second-order valence-corrected chi connectivity index (χ2v) is 3.27. The van der Waals surface area contributed by atoms with E-state index in [1.165, 1.54) is 0 Å². The quantitative estimate of drug-likeness (QED) is 0.502. The number of carbonyl (C=O) groups is 1. The standard InChI is InChI=1S/C7H11FN2O/c8-5-3-7(10-4-5)1-2-9-6(7)11/h5,10H,1-4H2,(H,9,11). The molecule has 2 aliphatic rings. The maximum absolute atomic E-state index is 12.8. The summed E-state index contributed by atoms with van der Waals surface area (Å²) in [7, 11) is 0. The van der Waals surface area contributed by atoms with E-state index in [9.17, 15) is 9.18 Å². The molecule has 2 saturated heterocycles. The normalized spacial score (nSPS) is 43.4. The van der Waals surface area contributed by atoms with Crippen LogP contribution in [0.25, 0.3) is 0 Å². The summed E-state index contributed by atoms with van der Waals surface area (Å²) in [5.41, 5.74) is -0.556. The van der Waals surface area contributed by atoms with Gasteiger partial charge in [-0.05, 0) is 6.42 Å². The molecular formula is C7H11FN2O. The number of nitrogens with one attached hydrogen (secondary N) is 2. The summed E-state index contributed by atoms with van der Waals surface area (Å²) in [6.07, 6.45) is 0.226. The van der Waals surface area contributed by atoms with Crippen molar-refractivity contribution in [1.29, 1.82) is 0 Å². The minimum Gasteiger partial charge on any atom is -0.354 e. The second-order valence-electron chi connectivity index (χ2n) is 3.27. The third kappa shape index (κ3) is 0.929. The zero-order valence-corrected chi connectivity index (χ0v) is 6.19. The Bertz CT molecular complexity index is 197. The summed E-state index contributed by atoms with van der Waals surface area (Å²) in [6.45, 7) is 1.01. The van der Waals surface area contributed by atoms with Gasteiger partial charge in [-0.1, -0.05) is 0 Å². The van der Waals surface area contributed by atoms with Gasteiger partial charge < -0.3 is 10.6 Å². The van der Waals surface area contributed by atoms with Gasteiger partial charge in [-0.15, -0.1) is 0 Å². The highest BCUT2D eigenvalue weighted by Crippen LogP contribution is 2.28. The third-order valence-electron chi connectivity index (χ3n) is 2.50. The van der Waals surface area contributed by atoms with Gasteiger partial charge in [0.25, 0.3) is 0 Å². The largest absolute Gasteiger partial charge is 0.354 e. The Hall–Kier alpha value is -0.640. The monoisotopic (exact) mass is 158 g/mol. The van der Waals surface area contributed by atoms with Crippen molar-refractivity contribution in [2.24, 2.45) is 0 Å². The van der Waals surface area contributed by atoms with Crippen molar-refractivity contribution in [2.45, 2.75) is 24.6 Å². The van der Waals surface area contributed by atoms with Crippen LogP contribution < -0.4 is 10.6 Å². The molecule has 2 unspecified atom stereocenters. The smallest absolute Gasteiger partial charge is 0.240 e. The van der Waals surface area contributed by atoms with E-state index in [-0.39, 0.29) is 5.91 Å². The van der Waals surface area contributed by atoms with Crippen LogP contribution in [0.5, 0.6) is 0 Å². The summed E-state index contributed by atoms with van der Waals surface area (Å²) in [6, 6.07) is 0. The van der Waals surface area contributed by atoms with Gasteiger partial charge in [-0.25, -0.2) is 4.39 Å². The summed E-state index contributed by atoms with van der Waals surface area (Å²) in [4.78, 5) is 11.2. The Kier molecular flexibility index (Phi) is 1.39. The van der Waals surface area contributed by atoms with Crippen molar-refractivity contribution in [1.82, 2.24) is 10.6 Å². The molecule has 0 saturated carbocycles. The van der Waals surface area contributed by atoms with E-state index in [0.29, 0.717) is 19.5 Å². The molecule has 2 fully saturated rings. The fourth-order valence-corrected chi connectivity index (χ4v) is 1.86. The van der Waals surface area contributed by atoms with Crippen LogP contribution in [0.1, 0.15) is 12.8 Å². The van der Waals surface area contributed by atoms with Gasteiger partial charge in [-0.2, -0.15) is 0 Å². The maximum atomic E-state index is 12.8. The molecule has 2 rings (SSSR count). The van der Waals surface area contributed by atoms with Crippen LogP contribution >= 0.6 is 0 Å². The van der Waals surface area contributed by atoms with E-state index in [1.807, 2.05) is 0 Å². The highest BCUT2D eigenvalue weighted by Gasteiger charge is 2.47. The van der Waals surface area contributed by atoms with Crippen molar-refractivity contribution in [3.63, 3.8) is 0 Å². The summed E-state index contributed by atoms with van der Waals surface area (Å²) in [5, 5.41) is 5.65. The highest BCUT2D eigenvalue weighted by molar-refractivity contribution is 5.88. The van der Waals surface area contributed by atoms with Crippen LogP contribution in [-0.4, -0.2) is 30.7 Å². The first-order valence-corrected chi connectivity index (χ1v) is 3.90. The van der Waals surface area contributed by atoms with E-state index < -0.39 is 11.7 Å². The molecule has 0 aromatic rings. The average molecular weight is 158 g/mol. The van der Waals surface area contributed by atoms with Gasteiger partial charge in [0.1, 0.15) is 11.7 Å². The molecule has 4 heteroatoms. The van der Waals surface area contributed by atoms with Crippen LogP contribution in [0.2, 0.25) is 0 Å². The molecular weight excluding hydrogens is 147 g/mol. The molecule has 2 N–H and O–H groups in total.